The van der Waals surface area contributed by atoms with Crippen molar-refractivity contribution >= 4 is 10.0 Å². The minimum Gasteiger partial charge on any atom is -0.496 e. The second-order valence-electron chi connectivity index (χ2n) is 6.25. The van der Waals surface area contributed by atoms with Gasteiger partial charge in [0.15, 0.2) is 0 Å². The second kappa shape index (κ2) is 6.22. The Bertz CT molecular complexity index is 871. The lowest BCUT2D eigenvalue weighted by Crippen LogP contribution is -2.32. The fraction of sp³-hybridized carbons (Fsp3) is 0.471. The third-order valence-electron chi connectivity index (χ3n) is 4.74. The molecule has 1 aromatic carbocycles. The Hall–Kier alpha value is -1.86. The van der Waals surface area contributed by atoms with Gasteiger partial charge in [-0.3, -0.25) is 0 Å². The highest BCUT2D eigenvalue weighted by molar-refractivity contribution is 7.89. The van der Waals surface area contributed by atoms with Gasteiger partial charge in [-0.05, 0) is 49.9 Å². The molecule has 0 amide bonds. The first-order chi connectivity index (χ1) is 11.4. The summed E-state index contributed by atoms with van der Waals surface area (Å²) in [6.45, 7) is 7.22. The molecule has 0 saturated carbocycles. The Labute approximate surface area is 143 Å². The zero-order chi connectivity index (χ0) is 17.5. The molecular formula is C17H23N3O3S. The van der Waals surface area contributed by atoms with Crippen molar-refractivity contribution in [3.63, 3.8) is 0 Å². The number of aryl methyl sites for hydroxylation is 2. The Morgan fingerprint density at radius 3 is 2.62 bits per heavy atom. The molecule has 0 aliphatic carbocycles. The number of benzene rings is 1. The van der Waals surface area contributed by atoms with E-state index >= 15 is 0 Å². The summed E-state index contributed by atoms with van der Waals surface area (Å²) in [6.07, 6.45) is 4.28. The van der Waals surface area contributed by atoms with Crippen LogP contribution in [0.15, 0.2) is 23.5 Å². The van der Waals surface area contributed by atoms with Crippen molar-refractivity contribution in [2.24, 2.45) is 0 Å². The Morgan fingerprint density at radius 2 is 1.92 bits per heavy atom. The van der Waals surface area contributed by atoms with Gasteiger partial charge in [-0.15, -0.1) is 0 Å². The molecule has 0 fully saturated rings. The Kier molecular flexibility index (Phi) is 4.40. The number of rotatable bonds is 3. The smallest absolute Gasteiger partial charge is 0.243 e. The molecule has 0 radical (unpaired) electrons. The molecule has 1 aliphatic rings. The lowest BCUT2D eigenvalue weighted by molar-refractivity contribution is 0.405. The van der Waals surface area contributed by atoms with Crippen LogP contribution in [-0.2, 0) is 23.1 Å². The zero-order valence-corrected chi connectivity index (χ0v) is 15.4. The maximum Gasteiger partial charge on any atom is 0.243 e. The van der Waals surface area contributed by atoms with Gasteiger partial charge in [0, 0.05) is 19.3 Å². The van der Waals surface area contributed by atoms with Gasteiger partial charge in [-0.2, -0.15) is 4.31 Å². The van der Waals surface area contributed by atoms with Crippen LogP contribution >= 0.6 is 0 Å². The van der Waals surface area contributed by atoms with Crippen molar-refractivity contribution in [1.82, 2.24) is 13.9 Å². The van der Waals surface area contributed by atoms with E-state index < -0.39 is 10.0 Å². The fourth-order valence-electron chi connectivity index (χ4n) is 3.32. The predicted molar refractivity (Wildman–Crippen MR) is 91.6 cm³/mol. The normalized spacial score (nSPS) is 15.8. The highest BCUT2D eigenvalue weighted by atomic mass is 32.2. The highest BCUT2D eigenvalue weighted by Crippen LogP contribution is 2.33. The summed E-state index contributed by atoms with van der Waals surface area (Å²) in [5.41, 5.74) is 3.26. The third kappa shape index (κ3) is 2.71. The minimum absolute atomic E-state index is 0.353. The van der Waals surface area contributed by atoms with Crippen molar-refractivity contribution in [3.8, 4) is 5.75 Å². The van der Waals surface area contributed by atoms with E-state index in [1.807, 2.05) is 25.3 Å². The van der Waals surface area contributed by atoms with Crippen LogP contribution in [0.5, 0.6) is 5.75 Å². The molecule has 3 rings (SSSR count). The fourth-order valence-corrected chi connectivity index (χ4v) is 5.26. The molecule has 6 nitrogen and oxygen atoms in total. The first-order valence-corrected chi connectivity index (χ1v) is 9.44. The first-order valence-electron chi connectivity index (χ1n) is 8.00. The van der Waals surface area contributed by atoms with Crippen molar-refractivity contribution in [2.45, 2.75) is 45.2 Å². The van der Waals surface area contributed by atoms with Gasteiger partial charge in [0.05, 0.1) is 30.6 Å². The van der Waals surface area contributed by atoms with E-state index in [4.69, 9.17) is 4.74 Å². The van der Waals surface area contributed by atoms with Gasteiger partial charge in [0.2, 0.25) is 10.0 Å². The average molecular weight is 349 g/mol. The first kappa shape index (κ1) is 17.0. The number of imidazole rings is 1. The van der Waals surface area contributed by atoms with Crippen LogP contribution in [0.4, 0.5) is 0 Å². The lowest BCUT2D eigenvalue weighted by Gasteiger charge is -2.23. The number of nitrogens with zero attached hydrogens (tertiary/aromatic N) is 3. The number of sulfonamides is 1. The van der Waals surface area contributed by atoms with Gasteiger partial charge in [-0.25, -0.2) is 13.4 Å². The summed E-state index contributed by atoms with van der Waals surface area (Å²) in [5, 5.41) is 0. The molecule has 0 N–H and O–H groups in total. The van der Waals surface area contributed by atoms with E-state index in [-0.39, 0.29) is 0 Å². The van der Waals surface area contributed by atoms with Gasteiger partial charge in [-0.1, -0.05) is 0 Å². The van der Waals surface area contributed by atoms with Crippen molar-refractivity contribution in [2.75, 3.05) is 13.7 Å². The maximum absolute atomic E-state index is 13.3. The summed E-state index contributed by atoms with van der Waals surface area (Å²) in [6, 6.07) is 1.80. The van der Waals surface area contributed by atoms with Crippen molar-refractivity contribution in [1.29, 1.82) is 0 Å². The molecule has 0 spiro atoms. The van der Waals surface area contributed by atoms with Crippen LogP contribution in [-0.4, -0.2) is 35.9 Å². The Morgan fingerprint density at radius 1 is 1.17 bits per heavy atom. The van der Waals surface area contributed by atoms with Crippen LogP contribution in [0.25, 0.3) is 0 Å². The van der Waals surface area contributed by atoms with Crippen LogP contribution in [0.1, 0.15) is 28.8 Å². The number of fused-ring (bicyclic) bond motifs is 1. The summed E-state index contributed by atoms with van der Waals surface area (Å²) in [7, 11) is -1.98. The number of hydrogen-bond acceptors (Lipinski definition) is 4. The van der Waals surface area contributed by atoms with E-state index in [2.05, 4.69) is 4.98 Å². The van der Waals surface area contributed by atoms with Crippen LogP contribution in [0.3, 0.4) is 0 Å². The number of hydrogen-bond donors (Lipinski definition) is 0. The van der Waals surface area contributed by atoms with Crippen LogP contribution in [0.2, 0.25) is 0 Å². The molecule has 24 heavy (non-hydrogen) atoms. The van der Waals surface area contributed by atoms with Crippen LogP contribution in [0, 0.1) is 20.8 Å². The maximum atomic E-state index is 13.3. The summed E-state index contributed by atoms with van der Waals surface area (Å²) < 4.78 is 35.6. The van der Waals surface area contributed by atoms with Gasteiger partial charge >= 0.3 is 0 Å². The van der Waals surface area contributed by atoms with E-state index in [0.717, 1.165) is 35.5 Å². The van der Waals surface area contributed by atoms with E-state index in [0.29, 0.717) is 23.5 Å². The summed E-state index contributed by atoms with van der Waals surface area (Å²) in [4.78, 5) is 4.53. The highest BCUT2D eigenvalue weighted by Gasteiger charge is 2.31. The quantitative estimate of drug-likeness (QED) is 0.854. The number of aromatic nitrogens is 2. The topological polar surface area (TPSA) is 64.4 Å². The lowest BCUT2D eigenvalue weighted by atomic mass is 10.1. The van der Waals surface area contributed by atoms with E-state index in [1.54, 1.807) is 30.0 Å². The zero-order valence-electron chi connectivity index (χ0n) is 14.5. The predicted octanol–water partition coefficient (Wildman–Crippen LogP) is 2.41. The second-order valence-corrected chi connectivity index (χ2v) is 8.12. The van der Waals surface area contributed by atoms with Crippen LogP contribution < -0.4 is 4.74 Å². The standard InChI is InChI=1S/C17H23N3O3S/c1-12-8-16(23-4)13(2)14(3)17(12)24(21,22)20-7-5-6-19-11-18-9-15(19)10-20/h8-9,11H,5-7,10H2,1-4H3. The van der Waals surface area contributed by atoms with Gasteiger partial charge in [0.25, 0.3) is 0 Å². The molecule has 2 heterocycles. The molecule has 0 unspecified atom stereocenters. The molecule has 1 aliphatic heterocycles. The molecule has 1 aromatic heterocycles. The molecule has 7 heteroatoms. The molecule has 130 valence electrons. The van der Waals surface area contributed by atoms with E-state index in [9.17, 15) is 8.42 Å². The third-order valence-corrected chi connectivity index (χ3v) is 6.88. The molecule has 0 atom stereocenters. The number of methoxy groups -OCH3 is 1. The van der Waals surface area contributed by atoms with Crippen molar-refractivity contribution < 1.29 is 13.2 Å². The molecule has 0 saturated heterocycles. The van der Waals surface area contributed by atoms with Crippen molar-refractivity contribution in [3.05, 3.63) is 41.0 Å². The Balaban J connectivity index is 2.07. The van der Waals surface area contributed by atoms with E-state index in [1.165, 1.54) is 0 Å². The number of ether oxygens (including phenoxy) is 1. The molecule has 0 bridgehead atoms. The van der Waals surface area contributed by atoms with Gasteiger partial charge in [0.1, 0.15) is 5.75 Å². The summed E-state index contributed by atoms with van der Waals surface area (Å²) >= 11 is 0. The average Bonchev–Trinajstić information content (AvgIpc) is 2.87. The SMILES string of the molecule is COc1cc(C)c(S(=O)(=O)N2CCCn3cncc3C2)c(C)c1C. The molecular weight excluding hydrogens is 326 g/mol. The largest absolute Gasteiger partial charge is 0.496 e. The molecule has 2 aromatic rings. The van der Waals surface area contributed by atoms with Gasteiger partial charge < -0.3 is 9.30 Å². The minimum atomic E-state index is -3.58. The summed E-state index contributed by atoms with van der Waals surface area (Å²) in [5.74, 6) is 0.720. The monoisotopic (exact) mass is 349 g/mol.